The summed E-state index contributed by atoms with van der Waals surface area (Å²) >= 11 is 0. The summed E-state index contributed by atoms with van der Waals surface area (Å²) in [5.74, 6) is 0.474. The van der Waals surface area contributed by atoms with Gasteiger partial charge in [-0.25, -0.2) is 0 Å². The minimum Gasteiger partial charge on any atom is -0.398 e. The third kappa shape index (κ3) is 2.94. The second-order valence-corrected chi connectivity index (χ2v) is 6.88. The fourth-order valence-corrected chi connectivity index (χ4v) is 2.35. The van der Waals surface area contributed by atoms with Crippen molar-refractivity contribution in [1.29, 1.82) is 0 Å². The standard InChI is InChI=1S/C15H27BN2O2/c1-7-8-9-11(2)12-10-13(18-17-12)16-19-14(3,4)15(5,6)20-16/h10-11H,7-9H2,1-6H3,(H,17,18). The Kier molecular flexibility index (Phi) is 4.31. The maximum atomic E-state index is 6.03. The second-order valence-electron chi connectivity index (χ2n) is 6.88. The van der Waals surface area contributed by atoms with Crippen LogP contribution in [0.4, 0.5) is 0 Å². The van der Waals surface area contributed by atoms with E-state index in [1.165, 1.54) is 19.3 Å². The lowest BCUT2D eigenvalue weighted by Gasteiger charge is -2.32. The Balaban J connectivity index is 2.07. The van der Waals surface area contributed by atoms with E-state index in [-0.39, 0.29) is 18.3 Å². The van der Waals surface area contributed by atoms with Crippen molar-refractivity contribution in [3.8, 4) is 0 Å². The highest BCUT2D eigenvalue weighted by Gasteiger charge is 2.52. The summed E-state index contributed by atoms with van der Waals surface area (Å²) in [7, 11) is -0.348. The van der Waals surface area contributed by atoms with Crippen LogP contribution in [0.2, 0.25) is 0 Å². The minimum absolute atomic E-state index is 0.309. The largest absolute Gasteiger partial charge is 0.513 e. The van der Waals surface area contributed by atoms with Gasteiger partial charge in [0.15, 0.2) is 0 Å². The number of hydrogen-bond donors (Lipinski definition) is 1. The van der Waals surface area contributed by atoms with Gasteiger partial charge in [0, 0.05) is 5.92 Å². The van der Waals surface area contributed by atoms with Gasteiger partial charge in [-0.15, -0.1) is 0 Å². The van der Waals surface area contributed by atoms with Crippen molar-refractivity contribution < 1.29 is 9.31 Å². The first-order chi connectivity index (χ1) is 9.27. The molecule has 4 nitrogen and oxygen atoms in total. The number of aromatic nitrogens is 2. The molecule has 0 spiro atoms. The van der Waals surface area contributed by atoms with Gasteiger partial charge in [0.2, 0.25) is 0 Å². The fourth-order valence-electron chi connectivity index (χ4n) is 2.35. The fraction of sp³-hybridized carbons (Fsp3) is 0.800. The van der Waals surface area contributed by atoms with Crippen LogP contribution in [0.1, 0.15) is 72.4 Å². The van der Waals surface area contributed by atoms with E-state index >= 15 is 0 Å². The smallest absolute Gasteiger partial charge is 0.398 e. The van der Waals surface area contributed by atoms with Crippen LogP contribution < -0.4 is 5.59 Å². The molecule has 1 atom stereocenters. The van der Waals surface area contributed by atoms with Gasteiger partial charge in [0.05, 0.1) is 22.5 Å². The van der Waals surface area contributed by atoms with Gasteiger partial charge >= 0.3 is 7.12 Å². The van der Waals surface area contributed by atoms with Gasteiger partial charge in [-0.05, 0) is 40.2 Å². The van der Waals surface area contributed by atoms with Crippen molar-refractivity contribution >= 4 is 12.7 Å². The van der Waals surface area contributed by atoms with Gasteiger partial charge in [-0.3, -0.25) is 5.10 Å². The number of unbranched alkanes of at least 4 members (excludes halogenated alkanes) is 1. The predicted octanol–water partition coefficient (Wildman–Crippen LogP) is 3.00. The van der Waals surface area contributed by atoms with Crippen LogP contribution in [-0.4, -0.2) is 28.5 Å². The zero-order valence-corrected chi connectivity index (χ0v) is 13.6. The lowest BCUT2D eigenvalue weighted by atomic mass is 9.84. The van der Waals surface area contributed by atoms with Crippen LogP contribution in [0.3, 0.4) is 0 Å². The number of aromatic amines is 1. The molecule has 2 heterocycles. The number of hydrogen-bond acceptors (Lipinski definition) is 3. The monoisotopic (exact) mass is 278 g/mol. The molecule has 1 aromatic heterocycles. The van der Waals surface area contributed by atoms with Crippen LogP contribution in [0.15, 0.2) is 6.07 Å². The Morgan fingerprint density at radius 2 is 1.85 bits per heavy atom. The highest BCUT2D eigenvalue weighted by molar-refractivity contribution is 6.61. The van der Waals surface area contributed by atoms with Crippen LogP contribution in [-0.2, 0) is 9.31 Å². The van der Waals surface area contributed by atoms with E-state index in [1.807, 2.05) is 0 Å². The zero-order chi connectivity index (χ0) is 15.0. The van der Waals surface area contributed by atoms with Crippen LogP contribution in [0.5, 0.6) is 0 Å². The third-order valence-electron chi connectivity index (χ3n) is 4.62. The number of nitrogens with one attached hydrogen (secondary N) is 1. The summed E-state index contributed by atoms with van der Waals surface area (Å²) in [6.45, 7) is 12.7. The van der Waals surface area contributed by atoms with Gasteiger partial charge in [-0.1, -0.05) is 26.7 Å². The molecule has 0 radical (unpaired) electrons. The van der Waals surface area contributed by atoms with Crippen molar-refractivity contribution in [3.63, 3.8) is 0 Å². The van der Waals surface area contributed by atoms with E-state index in [1.54, 1.807) is 0 Å². The lowest BCUT2D eigenvalue weighted by molar-refractivity contribution is 0.00578. The van der Waals surface area contributed by atoms with Gasteiger partial charge < -0.3 is 9.31 Å². The molecular weight excluding hydrogens is 251 g/mol. The van der Waals surface area contributed by atoms with Crippen LogP contribution >= 0.6 is 0 Å². The molecular formula is C15H27BN2O2. The summed E-state index contributed by atoms with van der Waals surface area (Å²) in [6.07, 6.45) is 3.63. The highest BCUT2D eigenvalue weighted by atomic mass is 16.7. The van der Waals surface area contributed by atoms with E-state index in [2.05, 4.69) is 57.8 Å². The van der Waals surface area contributed by atoms with Crippen molar-refractivity contribution in [2.75, 3.05) is 0 Å². The van der Waals surface area contributed by atoms with Gasteiger partial charge in [0.1, 0.15) is 0 Å². The third-order valence-corrected chi connectivity index (χ3v) is 4.62. The first-order valence-electron chi connectivity index (χ1n) is 7.67. The number of nitrogens with zero attached hydrogens (tertiary/aromatic N) is 1. The number of rotatable bonds is 5. The Labute approximate surface area is 122 Å². The van der Waals surface area contributed by atoms with Crippen LogP contribution in [0, 0.1) is 0 Å². The van der Waals surface area contributed by atoms with E-state index in [0.717, 1.165) is 11.3 Å². The topological polar surface area (TPSA) is 47.1 Å². The molecule has 1 unspecified atom stereocenters. The summed E-state index contributed by atoms with van der Waals surface area (Å²) < 4.78 is 12.1. The van der Waals surface area contributed by atoms with Crippen molar-refractivity contribution in [2.45, 2.75) is 77.9 Å². The Hall–Kier alpha value is -0.805. The molecule has 1 aliphatic heterocycles. The molecule has 0 bridgehead atoms. The number of H-pyrrole nitrogens is 1. The molecule has 1 fully saturated rings. The molecule has 1 aromatic rings. The van der Waals surface area contributed by atoms with E-state index in [9.17, 15) is 0 Å². The van der Waals surface area contributed by atoms with Crippen molar-refractivity contribution in [2.24, 2.45) is 0 Å². The molecule has 1 saturated heterocycles. The normalized spacial score (nSPS) is 22.2. The SMILES string of the molecule is CCCCC(C)c1cc(B2OC(C)(C)C(C)(C)O2)[nH]n1. The minimum atomic E-state index is -0.348. The average molecular weight is 278 g/mol. The maximum absolute atomic E-state index is 6.03. The average Bonchev–Trinajstić information content (AvgIpc) is 2.90. The molecule has 2 rings (SSSR count). The van der Waals surface area contributed by atoms with E-state index < -0.39 is 0 Å². The molecule has 112 valence electrons. The molecule has 1 aliphatic rings. The lowest BCUT2D eigenvalue weighted by Crippen LogP contribution is -2.41. The summed E-state index contributed by atoms with van der Waals surface area (Å²) in [5.41, 5.74) is 1.40. The van der Waals surface area contributed by atoms with Crippen LogP contribution in [0.25, 0.3) is 0 Å². The Bertz CT molecular complexity index is 440. The zero-order valence-electron chi connectivity index (χ0n) is 13.6. The van der Waals surface area contributed by atoms with Crippen molar-refractivity contribution in [3.05, 3.63) is 11.8 Å². The molecule has 1 N–H and O–H groups in total. The first kappa shape index (κ1) is 15.6. The van der Waals surface area contributed by atoms with E-state index in [0.29, 0.717) is 5.92 Å². The van der Waals surface area contributed by atoms with Crippen molar-refractivity contribution in [1.82, 2.24) is 10.2 Å². The predicted molar refractivity (Wildman–Crippen MR) is 82.2 cm³/mol. The van der Waals surface area contributed by atoms with E-state index in [4.69, 9.17) is 9.31 Å². The molecule has 0 saturated carbocycles. The van der Waals surface area contributed by atoms with Gasteiger partial charge in [-0.2, -0.15) is 5.10 Å². The molecule has 0 aliphatic carbocycles. The Morgan fingerprint density at radius 3 is 2.40 bits per heavy atom. The molecule has 0 amide bonds. The molecule has 20 heavy (non-hydrogen) atoms. The first-order valence-corrected chi connectivity index (χ1v) is 7.67. The summed E-state index contributed by atoms with van der Waals surface area (Å²) in [4.78, 5) is 0. The molecule has 0 aromatic carbocycles. The highest BCUT2D eigenvalue weighted by Crippen LogP contribution is 2.36. The second kappa shape index (κ2) is 5.53. The summed E-state index contributed by atoms with van der Waals surface area (Å²) in [6, 6.07) is 2.09. The van der Waals surface area contributed by atoms with Gasteiger partial charge in [0.25, 0.3) is 0 Å². The molecule has 5 heteroatoms. The quantitative estimate of drug-likeness (QED) is 0.842. The Morgan fingerprint density at radius 1 is 1.25 bits per heavy atom. The maximum Gasteiger partial charge on any atom is 0.513 e. The summed E-state index contributed by atoms with van der Waals surface area (Å²) in [5, 5.41) is 7.50.